The average Bonchev–Trinajstić information content (AvgIpc) is 1.85. The lowest BCUT2D eigenvalue weighted by molar-refractivity contribution is 0.663. The van der Waals surface area contributed by atoms with E-state index in [2.05, 4.69) is 0 Å². The quantitative estimate of drug-likeness (QED) is 0.543. The summed E-state index contributed by atoms with van der Waals surface area (Å²) < 4.78 is 6.91. The summed E-state index contributed by atoms with van der Waals surface area (Å²) >= 11 is 12.5. The number of hydrogen-bond acceptors (Lipinski definition) is 1. The Morgan fingerprint density at radius 1 is 1.18 bits per heavy atom. The third-order valence-electron chi connectivity index (χ3n) is 1.16. The van der Waals surface area contributed by atoms with Crippen molar-refractivity contribution in [3.63, 3.8) is 0 Å². The molecule has 11 heavy (non-hydrogen) atoms. The first-order chi connectivity index (χ1) is 5.22. The van der Waals surface area contributed by atoms with Gasteiger partial charge in [-0.05, 0) is 23.8 Å². The fourth-order valence-corrected chi connectivity index (χ4v) is 1.68. The molecular formula is C7H7Cl2OS+. The molecule has 2 N–H and O–H groups in total. The van der Waals surface area contributed by atoms with E-state index in [9.17, 15) is 0 Å². The normalized spacial score (nSPS) is 10.1. The van der Waals surface area contributed by atoms with Gasteiger partial charge in [-0.15, -0.1) is 0 Å². The van der Waals surface area contributed by atoms with Gasteiger partial charge in [-0.1, -0.05) is 23.2 Å². The summed E-state index contributed by atoms with van der Waals surface area (Å²) in [5, 5.41) is 1.25. The molecule has 0 aliphatic rings. The Balaban J connectivity index is 2.89. The highest BCUT2D eigenvalue weighted by Gasteiger charge is 1.99. The molecule has 0 heterocycles. The van der Waals surface area contributed by atoms with Gasteiger partial charge in [0.05, 0.1) is 5.75 Å². The zero-order chi connectivity index (χ0) is 8.27. The molecule has 0 spiro atoms. The molecule has 1 aromatic carbocycles. The van der Waals surface area contributed by atoms with Gasteiger partial charge in [0.2, 0.25) is 0 Å². The van der Waals surface area contributed by atoms with E-state index in [1.165, 1.54) is 0 Å². The highest BCUT2D eigenvalue weighted by atomic mass is 35.5. The molecule has 0 saturated heterocycles. The van der Waals surface area contributed by atoms with Crippen LogP contribution in [-0.4, -0.2) is 4.55 Å². The maximum absolute atomic E-state index is 6.91. The summed E-state index contributed by atoms with van der Waals surface area (Å²) in [4.78, 5) is 0. The first-order valence-electron chi connectivity index (χ1n) is 2.96. The molecule has 4 heteroatoms. The van der Waals surface area contributed by atoms with Crippen LogP contribution >= 0.6 is 35.2 Å². The highest BCUT2D eigenvalue weighted by molar-refractivity contribution is 7.92. The van der Waals surface area contributed by atoms with E-state index in [0.717, 1.165) is 17.6 Å². The van der Waals surface area contributed by atoms with Crippen molar-refractivity contribution in [2.24, 2.45) is 0 Å². The summed E-state index contributed by atoms with van der Waals surface area (Å²) in [5.74, 6) is 0.625. The van der Waals surface area contributed by atoms with Gasteiger partial charge in [0, 0.05) is 10.0 Å². The number of halogens is 2. The van der Waals surface area contributed by atoms with Gasteiger partial charge in [0.1, 0.15) is 0 Å². The van der Waals surface area contributed by atoms with Gasteiger partial charge in [-0.2, -0.15) is 0 Å². The molecule has 0 amide bonds. The lowest BCUT2D eigenvalue weighted by Crippen LogP contribution is -1.79. The van der Waals surface area contributed by atoms with Crippen LogP contribution in [0.1, 0.15) is 5.56 Å². The van der Waals surface area contributed by atoms with Crippen molar-refractivity contribution in [2.75, 3.05) is 0 Å². The van der Waals surface area contributed by atoms with Crippen LogP contribution in [0, 0.1) is 0 Å². The molecule has 1 nitrogen and oxygen atoms in total. The summed E-state index contributed by atoms with van der Waals surface area (Å²) in [6.07, 6.45) is 0. The summed E-state index contributed by atoms with van der Waals surface area (Å²) in [7, 11) is 0. The van der Waals surface area contributed by atoms with Crippen molar-refractivity contribution in [1.29, 1.82) is 0 Å². The van der Waals surface area contributed by atoms with Crippen LogP contribution in [0.2, 0.25) is 10.0 Å². The third kappa shape index (κ3) is 2.91. The van der Waals surface area contributed by atoms with Gasteiger partial charge in [-0.25, -0.2) is 0 Å². The van der Waals surface area contributed by atoms with Crippen LogP contribution in [0.5, 0.6) is 0 Å². The zero-order valence-corrected chi connectivity index (χ0v) is 7.93. The maximum atomic E-state index is 6.91. The molecule has 1 rings (SSSR count). The minimum Gasteiger partial charge on any atom is -0.371 e. The molecule has 0 aliphatic heterocycles. The van der Waals surface area contributed by atoms with Crippen LogP contribution in [0.15, 0.2) is 18.2 Å². The molecule has 0 aliphatic carbocycles. The van der Waals surface area contributed by atoms with E-state index < -0.39 is 0 Å². The van der Waals surface area contributed by atoms with E-state index in [4.69, 9.17) is 27.8 Å². The molecule has 0 bridgehead atoms. The average molecular weight is 210 g/mol. The van der Waals surface area contributed by atoms with Crippen molar-refractivity contribution in [1.82, 2.24) is 0 Å². The van der Waals surface area contributed by atoms with Crippen molar-refractivity contribution >= 4 is 35.2 Å². The molecule has 1 aromatic rings. The minimum atomic E-state index is 0.625. The minimum absolute atomic E-state index is 0.625. The fraction of sp³-hybridized carbons (Fsp3) is 0.143. The Morgan fingerprint density at radius 3 is 2.18 bits per heavy atom. The van der Waals surface area contributed by atoms with Crippen LogP contribution in [0.25, 0.3) is 0 Å². The first kappa shape index (κ1) is 9.20. The van der Waals surface area contributed by atoms with Crippen molar-refractivity contribution < 1.29 is 4.55 Å². The fourth-order valence-electron chi connectivity index (χ4n) is 0.778. The van der Waals surface area contributed by atoms with Crippen molar-refractivity contribution in [3.8, 4) is 0 Å². The number of rotatable bonds is 2. The molecule has 0 unspecified atom stereocenters. The van der Waals surface area contributed by atoms with Gasteiger partial charge < -0.3 is 4.55 Å². The Bertz CT molecular complexity index is 232. The topological polar surface area (TPSA) is 22.9 Å². The molecule has 0 aromatic heterocycles. The predicted molar refractivity (Wildman–Crippen MR) is 51.4 cm³/mol. The summed E-state index contributed by atoms with van der Waals surface area (Å²) in [6.45, 7) is 0. The van der Waals surface area contributed by atoms with Crippen LogP contribution < -0.4 is 0 Å². The SMILES string of the molecule is [OH2+]SCc1cc(Cl)cc(Cl)c1. The van der Waals surface area contributed by atoms with Crippen molar-refractivity contribution in [2.45, 2.75) is 5.75 Å². The van der Waals surface area contributed by atoms with Gasteiger partial charge in [0.15, 0.2) is 12.0 Å². The smallest absolute Gasteiger partial charge is 0.189 e. The second-order valence-corrected chi connectivity index (χ2v) is 3.52. The summed E-state index contributed by atoms with van der Waals surface area (Å²) in [5.41, 5.74) is 0.988. The predicted octanol–water partition coefficient (Wildman–Crippen LogP) is 2.87. The van der Waals surface area contributed by atoms with Crippen LogP contribution in [0.4, 0.5) is 0 Å². The second kappa shape index (κ2) is 4.21. The number of hydrogen-bond donors (Lipinski definition) is 0. The lowest BCUT2D eigenvalue weighted by atomic mass is 10.2. The Hall–Kier alpha value is 0.110. The van der Waals surface area contributed by atoms with Gasteiger partial charge in [0.25, 0.3) is 0 Å². The van der Waals surface area contributed by atoms with Gasteiger partial charge in [-0.3, -0.25) is 0 Å². The largest absolute Gasteiger partial charge is 0.371 e. The Morgan fingerprint density at radius 2 is 1.73 bits per heavy atom. The number of benzene rings is 1. The van der Waals surface area contributed by atoms with E-state index >= 15 is 0 Å². The lowest BCUT2D eigenvalue weighted by Gasteiger charge is -1.97. The van der Waals surface area contributed by atoms with Crippen LogP contribution in [0.3, 0.4) is 0 Å². The maximum Gasteiger partial charge on any atom is 0.189 e. The van der Waals surface area contributed by atoms with E-state index in [-0.39, 0.29) is 0 Å². The third-order valence-corrected chi connectivity index (χ3v) is 2.08. The Kier molecular flexibility index (Phi) is 3.52. The molecule has 0 saturated carbocycles. The zero-order valence-electron chi connectivity index (χ0n) is 5.60. The summed E-state index contributed by atoms with van der Waals surface area (Å²) in [6, 6.07) is 5.31. The highest BCUT2D eigenvalue weighted by Crippen LogP contribution is 2.21. The standard InChI is InChI=1S/C7H6Cl2OS/c8-6-1-5(4-11-10)2-7(9)3-6/h1-3,10H,4H2/p+1. The van der Waals surface area contributed by atoms with E-state index in [0.29, 0.717) is 15.8 Å². The van der Waals surface area contributed by atoms with Crippen LogP contribution in [-0.2, 0) is 5.75 Å². The molecule has 0 radical (unpaired) electrons. The molecule has 60 valence electrons. The molecule has 0 atom stereocenters. The first-order valence-corrected chi connectivity index (χ1v) is 4.70. The van der Waals surface area contributed by atoms with Crippen molar-refractivity contribution in [3.05, 3.63) is 33.8 Å². The molecule has 0 fully saturated rings. The molecular weight excluding hydrogens is 203 g/mol. The van der Waals surface area contributed by atoms with E-state index in [1.807, 2.05) is 12.1 Å². The van der Waals surface area contributed by atoms with Gasteiger partial charge >= 0.3 is 0 Å². The Labute approximate surface area is 79.5 Å². The second-order valence-electron chi connectivity index (χ2n) is 2.07. The van der Waals surface area contributed by atoms with E-state index in [1.54, 1.807) is 6.07 Å². The monoisotopic (exact) mass is 209 g/mol.